The second-order valence-corrected chi connectivity index (χ2v) is 9.10. The van der Waals surface area contributed by atoms with Crippen LogP contribution in [0.4, 0.5) is 0 Å². The van der Waals surface area contributed by atoms with Crippen molar-refractivity contribution in [3.05, 3.63) is 65.2 Å². The first kappa shape index (κ1) is 18.3. The molecule has 5 rings (SSSR count). The average Bonchev–Trinajstić information content (AvgIpc) is 2.69. The summed E-state index contributed by atoms with van der Waals surface area (Å²) in [5.74, 6) is 0.791. The molecule has 3 heterocycles. The molecular formula is C20H20N2O3S2. The van der Waals surface area contributed by atoms with Crippen LogP contribution in [0, 0.1) is 6.92 Å². The van der Waals surface area contributed by atoms with Crippen molar-refractivity contribution in [1.82, 2.24) is 9.80 Å². The van der Waals surface area contributed by atoms with Gasteiger partial charge in [0.25, 0.3) is 11.8 Å². The van der Waals surface area contributed by atoms with Gasteiger partial charge in [-0.05, 0) is 30.2 Å². The van der Waals surface area contributed by atoms with Gasteiger partial charge in [-0.2, -0.15) is 0 Å². The zero-order valence-corrected chi connectivity index (χ0v) is 16.8. The van der Waals surface area contributed by atoms with Crippen molar-refractivity contribution in [3.8, 4) is 5.75 Å². The highest BCUT2D eigenvalue weighted by molar-refractivity contribution is 8.77. The molecule has 2 aromatic rings. The number of rotatable bonds is 5. The second kappa shape index (κ2) is 7.48. The lowest BCUT2D eigenvalue weighted by molar-refractivity contribution is -0.155. The molecule has 2 amide bonds. The molecule has 2 aromatic carbocycles. The van der Waals surface area contributed by atoms with Crippen LogP contribution in [-0.4, -0.2) is 39.5 Å². The summed E-state index contributed by atoms with van der Waals surface area (Å²) in [4.78, 5) is 29.4. The molecule has 0 N–H and O–H groups in total. The van der Waals surface area contributed by atoms with Crippen LogP contribution in [0.25, 0.3) is 0 Å². The lowest BCUT2D eigenvalue weighted by Crippen LogP contribution is -2.64. The minimum Gasteiger partial charge on any atom is -0.497 e. The molecule has 7 heteroatoms. The number of benzene rings is 2. The molecule has 0 saturated carbocycles. The highest BCUT2D eigenvalue weighted by atomic mass is 33.1. The van der Waals surface area contributed by atoms with E-state index in [0.29, 0.717) is 13.1 Å². The van der Waals surface area contributed by atoms with Crippen LogP contribution >= 0.6 is 21.6 Å². The second-order valence-electron chi connectivity index (χ2n) is 6.66. The molecule has 0 radical (unpaired) electrons. The molecule has 0 aliphatic carbocycles. The third kappa shape index (κ3) is 3.53. The van der Waals surface area contributed by atoms with Gasteiger partial charge in [-0.25, -0.2) is 0 Å². The van der Waals surface area contributed by atoms with Gasteiger partial charge < -0.3 is 14.5 Å². The van der Waals surface area contributed by atoms with Gasteiger partial charge in [0.05, 0.1) is 7.11 Å². The van der Waals surface area contributed by atoms with Crippen molar-refractivity contribution in [2.75, 3.05) is 7.11 Å². The normalized spacial score (nSPS) is 21.7. The Kier molecular flexibility index (Phi) is 5.06. The van der Waals surface area contributed by atoms with Crippen molar-refractivity contribution in [2.45, 2.75) is 30.8 Å². The number of fused-ring (bicyclic) bond motifs is 3. The highest BCUT2D eigenvalue weighted by Crippen LogP contribution is 2.47. The molecule has 0 spiro atoms. The maximum atomic E-state index is 13.0. The Hall–Kier alpha value is -2.12. The molecule has 3 fully saturated rings. The quantitative estimate of drug-likeness (QED) is 0.720. The number of carbonyl (C=O) groups is 2. The number of hydrogen-bond donors (Lipinski definition) is 0. The maximum Gasteiger partial charge on any atom is 0.258 e. The Balaban J connectivity index is 1.51. The van der Waals surface area contributed by atoms with Gasteiger partial charge in [0.15, 0.2) is 10.7 Å². The summed E-state index contributed by atoms with van der Waals surface area (Å²) < 4.78 is 5.18. The van der Waals surface area contributed by atoms with Gasteiger partial charge in [-0.3, -0.25) is 9.59 Å². The van der Waals surface area contributed by atoms with E-state index in [0.717, 1.165) is 16.9 Å². The van der Waals surface area contributed by atoms with Crippen LogP contribution in [-0.2, 0) is 22.7 Å². The summed E-state index contributed by atoms with van der Waals surface area (Å²) in [7, 11) is 4.59. The van der Waals surface area contributed by atoms with E-state index in [1.165, 1.54) is 27.2 Å². The van der Waals surface area contributed by atoms with Crippen LogP contribution in [0.15, 0.2) is 48.5 Å². The molecular weight excluding hydrogens is 380 g/mol. The first-order chi connectivity index (χ1) is 13.1. The lowest BCUT2D eigenvalue weighted by atomic mass is 10.1. The molecule has 3 saturated heterocycles. The van der Waals surface area contributed by atoms with E-state index in [4.69, 9.17) is 4.74 Å². The summed E-state index contributed by atoms with van der Waals surface area (Å²) in [6.45, 7) is 2.93. The summed E-state index contributed by atoms with van der Waals surface area (Å²) in [6.07, 6.45) is 0. The van der Waals surface area contributed by atoms with Gasteiger partial charge in [-0.1, -0.05) is 63.5 Å². The highest BCUT2D eigenvalue weighted by Gasteiger charge is 2.51. The molecule has 3 aliphatic heterocycles. The molecule has 27 heavy (non-hydrogen) atoms. The number of aryl methyl sites for hydroxylation is 1. The number of amides is 2. The number of hydrogen-bond acceptors (Lipinski definition) is 5. The Morgan fingerprint density at radius 1 is 0.815 bits per heavy atom. The minimum atomic E-state index is -0.472. The zero-order chi connectivity index (χ0) is 19.0. The maximum absolute atomic E-state index is 13.0. The molecule has 2 atom stereocenters. The zero-order valence-electron chi connectivity index (χ0n) is 15.1. The smallest absolute Gasteiger partial charge is 0.258 e. The van der Waals surface area contributed by atoms with Gasteiger partial charge in [0, 0.05) is 13.1 Å². The predicted molar refractivity (Wildman–Crippen MR) is 108 cm³/mol. The van der Waals surface area contributed by atoms with Crippen molar-refractivity contribution in [1.29, 1.82) is 0 Å². The van der Waals surface area contributed by atoms with Crippen LogP contribution < -0.4 is 4.74 Å². The van der Waals surface area contributed by atoms with Gasteiger partial charge >= 0.3 is 0 Å². The minimum absolute atomic E-state index is 0.00581. The molecule has 140 valence electrons. The third-order valence-corrected chi connectivity index (χ3v) is 7.59. The van der Waals surface area contributed by atoms with E-state index < -0.39 is 10.7 Å². The van der Waals surface area contributed by atoms with E-state index in [1.807, 2.05) is 55.5 Å². The number of nitrogens with zero attached hydrogens (tertiary/aromatic N) is 2. The monoisotopic (exact) mass is 400 g/mol. The standard InChI is InChI=1S/C20H20N2O3S2/c1-13-3-5-14(6-4-13)11-21-17(23)20-22(18(24)19(21)26-27-20)12-15-7-9-16(25-2)10-8-15/h3-10,19-20H,11-12H2,1-2H3. The SMILES string of the molecule is COc1ccc(CN2C(=O)C3SSC2C(=O)N3Cc2ccc(C)cc2)cc1. The largest absolute Gasteiger partial charge is 0.497 e. The molecule has 5 nitrogen and oxygen atoms in total. The van der Waals surface area contributed by atoms with Crippen LogP contribution in [0.1, 0.15) is 16.7 Å². The molecule has 2 bridgehead atoms. The van der Waals surface area contributed by atoms with Crippen LogP contribution in [0.2, 0.25) is 0 Å². The topological polar surface area (TPSA) is 49.9 Å². The Bertz CT molecular complexity index is 855. The third-order valence-electron chi connectivity index (χ3n) is 4.78. The Morgan fingerprint density at radius 2 is 1.26 bits per heavy atom. The van der Waals surface area contributed by atoms with Gasteiger partial charge in [0.2, 0.25) is 0 Å². The van der Waals surface area contributed by atoms with E-state index in [9.17, 15) is 9.59 Å². The first-order valence-electron chi connectivity index (χ1n) is 8.68. The Labute approximate surface area is 166 Å². The number of ether oxygens (including phenoxy) is 1. The lowest BCUT2D eigenvalue weighted by Gasteiger charge is -2.48. The van der Waals surface area contributed by atoms with Crippen molar-refractivity contribution >= 4 is 33.4 Å². The number of piperazine rings is 1. The van der Waals surface area contributed by atoms with E-state index >= 15 is 0 Å². The number of carbonyl (C=O) groups excluding carboxylic acids is 2. The van der Waals surface area contributed by atoms with Crippen molar-refractivity contribution in [3.63, 3.8) is 0 Å². The fraction of sp³-hybridized carbons (Fsp3) is 0.300. The van der Waals surface area contributed by atoms with E-state index in [-0.39, 0.29) is 11.8 Å². The fourth-order valence-corrected chi connectivity index (χ4v) is 6.17. The summed E-state index contributed by atoms with van der Waals surface area (Å²) in [5, 5.41) is -0.938. The average molecular weight is 401 g/mol. The molecule has 0 aromatic heterocycles. The van der Waals surface area contributed by atoms with Gasteiger partial charge in [-0.15, -0.1) is 0 Å². The summed E-state index contributed by atoms with van der Waals surface area (Å²) >= 11 is 0. The van der Waals surface area contributed by atoms with Crippen molar-refractivity contribution < 1.29 is 14.3 Å². The summed E-state index contributed by atoms with van der Waals surface area (Å²) in [5.41, 5.74) is 3.21. The molecule has 3 aliphatic rings. The van der Waals surface area contributed by atoms with E-state index in [1.54, 1.807) is 16.9 Å². The summed E-state index contributed by atoms with van der Waals surface area (Å²) in [6, 6.07) is 15.7. The fourth-order valence-electron chi connectivity index (χ4n) is 3.21. The van der Waals surface area contributed by atoms with Crippen LogP contribution in [0.3, 0.4) is 0 Å². The van der Waals surface area contributed by atoms with Crippen LogP contribution in [0.5, 0.6) is 5.75 Å². The van der Waals surface area contributed by atoms with Crippen molar-refractivity contribution in [2.24, 2.45) is 0 Å². The molecule has 2 unspecified atom stereocenters. The Morgan fingerprint density at radius 3 is 1.70 bits per heavy atom. The van der Waals surface area contributed by atoms with Gasteiger partial charge in [0.1, 0.15) is 5.75 Å². The first-order valence-corrected chi connectivity index (χ1v) is 11.0. The predicted octanol–water partition coefficient (Wildman–Crippen LogP) is 3.42. The number of methoxy groups -OCH3 is 1. The van der Waals surface area contributed by atoms with E-state index in [2.05, 4.69) is 0 Å².